The zero-order valence-corrected chi connectivity index (χ0v) is 12.9. The largest absolute Gasteiger partial charge is 0.573 e. The third-order valence-corrected chi connectivity index (χ3v) is 3.43. The van der Waals surface area contributed by atoms with Gasteiger partial charge in [0.15, 0.2) is 0 Å². The van der Waals surface area contributed by atoms with Gasteiger partial charge in [0.2, 0.25) is 0 Å². The van der Waals surface area contributed by atoms with E-state index in [0.717, 1.165) is 12.1 Å². The fourth-order valence-corrected chi connectivity index (χ4v) is 2.35. The van der Waals surface area contributed by atoms with Gasteiger partial charge >= 0.3 is 18.2 Å². The third-order valence-electron chi connectivity index (χ3n) is 3.43. The average molecular weight is 372 g/mol. The third kappa shape index (κ3) is 4.02. The first-order valence-corrected chi connectivity index (χ1v) is 7.22. The molecule has 0 saturated heterocycles. The summed E-state index contributed by atoms with van der Waals surface area (Å²) < 4.78 is 46.7. The molecule has 26 heavy (non-hydrogen) atoms. The molecule has 0 bridgehead atoms. The molecular formula is C14H11F3N4O5. The number of ether oxygens (including phenoxy) is 2. The van der Waals surface area contributed by atoms with Gasteiger partial charge in [0, 0.05) is 10.5 Å². The van der Waals surface area contributed by atoms with Crippen LogP contribution in [0.3, 0.4) is 0 Å². The first-order chi connectivity index (χ1) is 12.2. The minimum atomic E-state index is -4.81. The number of carbonyl (C=O) groups is 1. The lowest BCUT2D eigenvalue weighted by atomic mass is 10.2. The second kappa shape index (κ2) is 6.54. The van der Waals surface area contributed by atoms with Crippen LogP contribution in [-0.2, 0) is 6.54 Å². The van der Waals surface area contributed by atoms with Gasteiger partial charge in [0.25, 0.3) is 5.91 Å². The molecule has 1 aliphatic heterocycles. The summed E-state index contributed by atoms with van der Waals surface area (Å²) in [5.74, 6) is -1.34. The normalized spacial score (nSPS) is 16.3. The first kappa shape index (κ1) is 17.5. The smallest absolute Gasteiger partial charge is 0.444 e. The van der Waals surface area contributed by atoms with Crippen molar-refractivity contribution in [2.75, 3.05) is 6.61 Å². The predicted octanol–water partition coefficient (Wildman–Crippen LogP) is 1.88. The van der Waals surface area contributed by atoms with Crippen LogP contribution in [0.2, 0.25) is 0 Å². The summed E-state index contributed by atoms with van der Waals surface area (Å²) in [6.07, 6.45) is -3.62. The summed E-state index contributed by atoms with van der Waals surface area (Å²) in [5.41, 5.74) is 0.127. The molecule has 138 valence electrons. The molecule has 1 aliphatic rings. The molecule has 1 amide bonds. The van der Waals surface area contributed by atoms with Gasteiger partial charge in [-0.2, -0.15) is 0 Å². The van der Waals surface area contributed by atoms with Gasteiger partial charge < -0.3 is 24.9 Å². The zero-order chi connectivity index (χ0) is 18.9. The number of nitrogens with one attached hydrogen (secondary N) is 1. The summed E-state index contributed by atoms with van der Waals surface area (Å²) in [5, 5.41) is 13.3. The molecule has 1 N–H and O–H groups in total. The summed E-state index contributed by atoms with van der Waals surface area (Å²) in [7, 11) is 0. The number of hydrogen-bond donors (Lipinski definition) is 1. The molecule has 3 rings (SSSR count). The van der Waals surface area contributed by atoms with Crippen LogP contribution in [0.1, 0.15) is 10.4 Å². The lowest BCUT2D eigenvalue weighted by Crippen LogP contribution is -2.44. The summed E-state index contributed by atoms with van der Waals surface area (Å²) >= 11 is 0. The Balaban J connectivity index is 1.62. The second-order valence-electron chi connectivity index (χ2n) is 5.34. The molecule has 0 radical (unpaired) electrons. The van der Waals surface area contributed by atoms with Crippen molar-refractivity contribution in [3.63, 3.8) is 0 Å². The number of nitro groups is 1. The Morgan fingerprint density at radius 3 is 2.69 bits per heavy atom. The molecule has 1 aromatic carbocycles. The summed E-state index contributed by atoms with van der Waals surface area (Å²) in [6, 6.07) is 4.01. The molecule has 0 spiro atoms. The molecular weight excluding hydrogens is 361 g/mol. The molecule has 2 aromatic rings. The van der Waals surface area contributed by atoms with Crippen molar-refractivity contribution in [1.82, 2.24) is 14.9 Å². The lowest BCUT2D eigenvalue weighted by Gasteiger charge is -2.23. The van der Waals surface area contributed by atoms with Crippen LogP contribution in [0.25, 0.3) is 0 Å². The van der Waals surface area contributed by atoms with Gasteiger partial charge in [-0.25, -0.2) is 0 Å². The molecule has 12 heteroatoms. The predicted molar refractivity (Wildman–Crippen MR) is 78.8 cm³/mol. The van der Waals surface area contributed by atoms with Crippen LogP contribution in [0.15, 0.2) is 30.5 Å². The molecule has 1 aromatic heterocycles. The van der Waals surface area contributed by atoms with E-state index in [-0.39, 0.29) is 30.5 Å². The number of benzene rings is 1. The van der Waals surface area contributed by atoms with Crippen LogP contribution in [-0.4, -0.2) is 39.4 Å². The highest BCUT2D eigenvalue weighted by Gasteiger charge is 2.31. The number of fused-ring (bicyclic) bond motifs is 1. The van der Waals surface area contributed by atoms with Crippen molar-refractivity contribution in [3.8, 4) is 11.8 Å². The van der Waals surface area contributed by atoms with Crippen molar-refractivity contribution >= 4 is 11.7 Å². The SMILES string of the molecule is O=C(N[C@@H]1COc2nc([N+](=O)[O-])cn2C1)c1ccc(OC(F)(F)F)cc1. The number of aromatic nitrogens is 2. The molecule has 1 atom stereocenters. The van der Waals surface area contributed by atoms with Crippen LogP contribution in [0.4, 0.5) is 19.0 Å². The maximum Gasteiger partial charge on any atom is 0.573 e. The monoisotopic (exact) mass is 372 g/mol. The van der Waals surface area contributed by atoms with Crippen LogP contribution in [0, 0.1) is 10.1 Å². The number of halogens is 3. The van der Waals surface area contributed by atoms with Gasteiger partial charge in [-0.3, -0.25) is 9.36 Å². The first-order valence-electron chi connectivity index (χ1n) is 7.22. The highest BCUT2D eigenvalue weighted by molar-refractivity contribution is 5.94. The minimum absolute atomic E-state index is 0.0508. The van der Waals surface area contributed by atoms with E-state index in [1.807, 2.05) is 0 Å². The number of carbonyl (C=O) groups excluding carboxylic acids is 1. The average Bonchev–Trinajstić information content (AvgIpc) is 2.97. The van der Waals surface area contributed by atoms with Crippen molar-refractivity contribution < 1.29 is 32.4 Å². The van der Waals surface area contributed by atoms with Crippen molar-refractivity contribution in [2.24, 2.45) is 0 Å². The van der Waals surface area contributed by atoms with E-state index < -0.39 is 29.0 Å². The van der Waals surface area contributed by atoms with E-state index in [4.69, 9.17) is 4.74 Å². The molecule has 9 nitrogen and oxygen atoms in total. The number of nitrogens with zero attached hydrogens (tertiary/aromatic N) is 3. The van der Waals surface area contributed by atoms with Gasteiger partial charge in [-0.1, -0.05) is 0 Å². The molecule has 0 saturated carbocycles. The van der Waals surface area contributed by atoms with Crippen LogP contribution in [0.5, 0.6) is 11.8 Å². The number of imidazole rings is 1. The number of amides is 1. The van der Waals surface area contributed by atoms with E-state index >= 15 is 0 Å². The standard InChI is InChI=1S/C14H11F3N4O5/c15-14(16,17)26-10-3-1-8(2-4-10)12(22)18-9-5-20-6-11(21(23)24)19-13(20)25-7-9/h1-4,6,9H,5,7H2,(H,18,22)/t9-/m0/s1. The van der Waals surface area contributed by atoms with Crippen molar-refractivity contribution in [3.05, 3.63) is 46.1 Å². The van der Waals surface area contributed by atoms with Gasteiger partial charge in [-0.15, -0.1) is 13.2 Å². The maximum atomic E-state index is 12.2. The number of hydrogen-bond acceptors (Lipinski definition) is 6. The van der Waals surface area contributed by atoms with Crippen LogP contribution >= 0.6 is 0 Å². The Labute approximate surface area is 143 Å². The Bertz CT molecular complexity index is 834. The van der Waals surface area contributed by atoms with E-state index in [2.05, 4.69) is 15.0 Å². The Morgan fingerprint density at radius 1 is 1.38 bits per heavy atom. The second-order valence-corrected chi connectivity index (χ2v) is 5.34. The molecule has 0 unspecified atom stereocenters. The lowest BCUT2D eigenvalue weighted by molar-refractivity contribution is -0.389. The van der Waals surface area contributed by atoms with E-state index in [9.17, 15) is 28.1 Å². The van der Waals surface area contributed by atoms with Crippen molar-refractivity contribution in [1.29, 1.82) is 0 Å². The topological polar surface area (TPSA) is 109 Å². The fourth-order valence-electron chi connectivity index (χ4n) is 2.35. The number of alkyl halides is 3. The van der Waals surface area contributed by atoms with Gasteiger partial charge in [0.05, 0.1) is 12.6 Å². The number of rotatable bonds is 4. The Morgan fingerprint density at radius 2 is 2.08 bits per heavy atom. The van der Waals surface area contributed by atoms with E-state index in [1.54, 1.807) is 0 Å². The van der Waals surface area contributed by atoms with Gasteiger partial charge in [-0.05, 0) is 29.2 Å². The van der Waals surface area contributed by atoms with E-state index in [0.29, 0.717) is 0 Å². The quantitative estimate of drug-likeness (QED) is 0.648. The summed E-state index contributed by atoms with van der Waals surface area (Å²) in [4.78, 5) is 25.9. The van der Waals surface area contributed by atoms with E-state index in [1.165, 1.54) is 22.9 Å². The molecule has 0 fully saturated rings. The molecule has 0 aliphatic carbocycles. The van der Waals surface area contributed by atoms with Crippen LogP contribution < -0.4 is 14.8 Å². The van der Waals surface area contributed by atoms with Gasteiger partial charge in [0.1, 0.15) is 18.6 Å². The fraction of sp³-hybridized carbons (Fsp3) is 0.286. The zero-order valence-electron chi connectivity index (χ0n) is 12.9. The maximum absolute atomic E-state index is 12.2. The Hall–Kier alpha value is -3.31. The Kier molecular flexibility index (Phi) is 4.40. The highest BCUT2D eigenvalue weighted by Crippen LogP contribution is 2.23. The van der Waals surface area contributed by atoms with Crippen molar-refractivity contribution in [2.45, 2.75) is 18.9 Å². The summed E-state index contributed by atoms with van der Waals surface area (Å²) in [6.45, 7) is 0.256. The molecule has 2 heterocycles. The minimum Gasteiger partial charge on any atom is -0.444 e. The highest BCUT2D eigenvalue weighted by atomic mass is 19.4.